The lowest BCUT2D eigenvalue weighted by Gasteiger charge is -2.05. The number of hydrogen-bond acceptors (Lipinski definition) is 3. The highest BCUT2D eigenvalue weighted by molar-refractivity contribution is 5.72. The number of benzene rings is 3. The van der Waals surface area contributed by atoms with Crippen LogP contribution in [0.5, 0.6) is 5.75 Å². The van der Waals surface area contributed by atoms with Crippen LogP contribution in [0.2, 0.25) is 0 Å². The highest BCUT2D eigenvalue weighted by Gasteiger charge is 2.13. The van der Waals surface area contributed by atoms with Crippen molar-refractivity contribution in [2.45, 2.75) is 6.61 Å². The number of halogens is 2. The van der Waals surface area contributed by atoms with Crippen LogP contribution in [0.3, 0.4) is 0 Å². The molecule has 6 nitrogen and oxygen atoms in total. The fraction of sp³-hybridized carbons (Fsp3) is 0.0370. The third-order valence-electron chi connectivity index (χ3n) is 5.44. The topological polar surface area (TPSA) is 64.8 Å². The fourth-order valence-electron chi connectivity index (χ4n) is 3.78. The predicted molar refractivity (Wildman–Crippen MR) is 130 cm³/mol. The van der Waals surface area contributed by atoms with Crippen molar-refractivity contribution in [1.82, 2.24) is 19.6 Å². The molecule has 0 aliphatic heterocycles. The molecule has 0 aliphatic rings. The van der Waals surface area contributed by atoms with Gasteiger partial charge in [-0.3, -0.25) is 9.89 Å². The average molecular weight is 470 g/mol. The van der Waals surface area contributed by atoms with Gasteiger partial charge in [0.15, 0.2) is 0 Å². The molecule has 0 atom stereocenters. The van der Waals surface area contributed by atoms with Gasteiger partial charge in [-0.25, -0.2) is 9.36 Å². The second-order valence-electron chi connectivity index (χ2n) is 7.74. The molecule has 3 aromatic carbocycles. The average Bonchev–Trinajstić information content (AvgIpc) is 3.42. The van der Waals surface area contributed by atoms with Gasteiger partial charge in [-0.05, 0) is 54.6 Å². The van der Waals surface area contributed by atoms with Crippen LogP contribution < -0.4 is 20.9 Å². The number of H-pyrrole nitrogens is 1. The number of aromatic amines is 1. The number of nitrogens with zero attached hydrogens (tertiary/aromatic N) is 3. The Morgan fingerprint density at radius 2 is 1.54 bits per heavy atom. The summed E-state index contributed by atoms with van der Waals surface area (Å²) in [6.45, 7) is 1.10. The Morgan fingerprint density at radius 3 is 2.17 bits per heavy atom. The molecular formula is C27H20F2N4O2. The summed E-state index contributed by atoms with van der Waals surface area (Å²) in [5.41, 5.74) is 3.19. The summed E-state index contributed by atoms with van der Waals surface area (Å²) < 4.78 is 32.7. The van der Waals surface area contributed by atoms with E-state index in [1.54, 1.807) is 22.9 Å². The first kappa shape index (κ1) is 22.1. The maximum absolute atomic E-state index is 13.2. The Kier molecular flexibility index (Phi) is 5.85. The molecule has 0 unspecified atom stereocenters. The summed E-state index contributed by atoms with van der Waals surface area (Å²) in [6.07, 6.45) is 3.54. The minimum absolute atomic E-state index is 0.0493. The number of ether oxygens (including phenoxy) is 1. The van der Waals surface area contributed by atoms with E-state index in [4.69, 9.17) is 5.10 Å². The predicted octanol–water partition coefficient (Wildman–Crippen LogP) is 3.86. The minimum atomic E-state index is -2.90. The van der Waals surface area contributed by atoms with E-state index in [0.29, 0.717) is 33.1 Å². The molecule has 174 valence electrons. The number of aromatic nitrogens is 4. The largest absolute Gasteiger partial charge is 0.435 e. The Bertz CT molecular complexity index is 1620. The van der Waals surface area contributed by atoms with Crippen molar-refractivity contribution in [3.8, 4) is 28.4 Å². The van der Waals surface area contributed by atoms with E-state index >= 15 is 0 Å². The molecule has 0 bridgehead atoms. The van der Waals surface area contributed by atoms with Gasteiger partial charge in [0.1, 0.15) is 5.75 Å². The number of para-hydroxylation sites is 2. The lowest BCUT2D eigenvalue weighted by Crippen LogP contribution is -2.33. The Hall–Kier alpha value is -4.72. The second kappa shape index (κ2) is 9.26. The van der Waals surface area contributed by atoms with Crippen LogP contribution in [0.25, 0.3) is 35.3 Å². The summed E-state index contributed by atoms with van der Waals surface area (Å²) in [5.74, 6) is 0.0493. The van der Waals surface area contributed by atoms with Crippen LogP contribution >= 0.6 is 0 Å². The van der Waals surface area contributed by atoms with Crippen LogP contribution in [0.15, 0.2) is 95.9 Å². The Labute approximate surface area is 198 Å². The van der Waals surface area contributed by atoms with Crippen molar-refractivity contribution in [2.75, 3.05) is 0 Å². The first-order chi connectivity index (χ1) is 17.0. The van der Waals surface area contributed by atoms with E-state index in [9.17, 15) is 13.6 Å². The van der Waals surface area contributed by atoms with Gasteiger partial charge in [0.05, 0.1) is 27.6 Å². The van der Waals surface area contributed by atoms with Gasteiger partial charge >= 0.3 is 6.61 Å². The SMILES string of the molecule is C=c1[nH]n(-c2ccccc2)c(=O)/c1=C\c1cn(-c2ccccc2)nc1-c1ccc(OC(F)F)cc1. The molecule has 0 spiro atoms. The van der Waals surface area contributed by atoms with Gasteiger partial charge in [-0.2, -0.15) is 13.9 Å². The molecule has 0 amide bonds. The Morgan fingerprint density at radius 1 is 0.914 bits per heavy atom. The standard InChI is InChI=1S/C27H20F2N4O2/c1-18-24(26(34)33(30-18)22-10-6-3-7-11-22)16-20-17-32(21-8-4-2-5-9-21)31-25(20)19-12-14-23(15-13-19)35-27(28)29/h2-17,27,30H,1H2/b24-16-. The van der Waals surface area contributed by atoms with Crippen LogP contribution in [-0.4, -0.2) is 26.2 Å². The zero-order valence-corrected chi connectivity index (χ0v) is 18.4. The molecule has 2 aromatic heterocycles. The van der Waals surface area contributed by atoms with Gasteiger partial charge in [-0.1, -0.05) is 43.0 Å². The van der Waals surface area contributed by atoms with E-state index in [1.807, 2.05) is 66.9 Å². The van der Waals surface area contributed by atoms with Gasteiger partial charge < -0.3 is 4.74 Å². The zero-order chi connectivity index (χ0) is 24.4. The number of rotatable bonds is 6. The monoisotopic (exact) mass is 470 g/mol. The molecule has 8 heteroatoms. The fourth-order valence-corrected chi connectivity index (χ4v) is 3.78. The molecule has 2 heterocycles. The first-order valence-electron chi connectivity index (χ1n) is 10.8. The summed E-state index contributed by atoms with van der Waals surface area (Å²) in [7, 11) is 0. The van der Waals surface area contributed by atoms with E-state index in [0.717, 1.165) is 5.69 Å². The van der Waals surface area contributed by atoms with Crippen LogP contribution in [0, 0.1) is 0 Å². The number of hydrogen-bond donors (Lipinski definition) is 1. The van der Waals surface area contributed by atoms with E-state index in [2.05, 4.69) is 16.4 Å². The molecule has 0 radical (unpaired) electrons. The molecule has 35 heavy (non-hydrogen) atoms. The summed E-state index contributed by atoms with van der Waals surface area (Å²) in [4.78, 5) is 13.2. The van der Waals surface area contributed by atoms with Crippen molar-refractivity contribution < 1.29 is 13.5 Å². The smallest absolute Gasteiger partial charge is 0.387 e. The molecule has 0 fully saturated rings. The highest BCUT2D eigenvalue weighted by Crippen LogP contribution is 2.26. The summed E-state index contributed by atoms with van der Waals surface area (Å²) >= 11 is 0. The van der Waals surface area contributed by atoms with Crippen molar-refractivity contribution in [3.63, 3.8) is 0 Å². The molecule has 5 aromatic rings. The third-order valence-corrected chi connectivity index (χ3v) is 5.44. The van der Waals surface area contributed by atoms with Gasteiger partial charge in [0, 0.05) is 17.3 Å². The van der Waals surface area contributed by atoms with Crippen molar-refractivity contribution >= 4 is 12.7 Å². The number of nitrogens with one attached hydrogen (secondary N) is 1. The van der Waals surface area contributed by atoms with E-state index < -0.39 is 6.61 Å². The quantitative estimate of drug-likeness (QED) is 0.410. The molecular weight excluding hydrogens is 450 g/mol. The third kappa shape index (κ3) is 4.54. The molecule has 0 aliphatic carbocycles. The van der Waals surface area contributed by atoms with E-state index in [1.165, 1.54) is 16.8 Å². The van der Waals surface area contributed by atoms with Gasteiger partial charge in [-0.15, -0.1) is 0 Å². The maximum atomic E-state index is 13.2. The summed E-state index contributed by atoms with van der Waals surface area (Å²) in [5, 5.41) is 8.58. The van der Waals surface area contributed by atoms with Gasteiger partial charge in [0.2, 0.25) is 0 Å². The second-order valence-corrected chi connectivity index (χ2v) is 7.74. The molecule has 1 N–H and O–H groups in total. The van der Waals surface area contributed by atoms with E-state index in [-0.39, 0.29) is 11.3 Å². The lowest BCUT2D eigenvalue weighted by molar-refractivity contribution is -0.0498. The maximum Gasteiger partial charge on any atom is 0.387 e. The molecule has 0 saturated carbocycles. The highest BCUT2D eigenvalue weighted by atomic mass is 19.3. The minimum Gasteiger partial charge on any atom is -0.435 e. The first-order valence-corrected chi connectivity index (χ1v) is 10.8. The molecule has 0 saturated heterocycles. The normalized spacial score (nSPS) is 11.8. The summed E-state index contributed by atoms with van der Waals surface area (Å²) in [6, 6.07) is 24.9. The zero-order valence-electron chi connectivity index (χ0n) is 18.4. The van der Waals surface area contributed by atoms with Crippen molar-refractivity contribution in [3.05, 3.63) is 118 Å². The Balaban J connectivity index is 1.66. The van der Waals surface area contributed by atoms with Crippen LogP contribution in [0.1, 0.15) is 5.56 Å². The van der Waals surface area contributed by atoms with Crippen LogP contribution in [0.4, 0.5) is 8.78 Å². The van der Waals surface area contributed by atoms with Crippen LogP contribution in [-0.2, 0) is 0 Å². The lowest BCUT2D eigenvalue weighted by atomic mass is 10.1. The molecule has 5 rings (SSSR count). The number of alkyl halides is 2. The van der Waals surface area contributed by atoms with Crippen molar-refractivity contribution in [2.24, 2.45) is 0 Å². The van der Waals surface area contributed by atoms with Crippen molar-refractivity contribution in [1.29, 1.82) is 0 Å². The van der Waals surface area contributed by atoms with Gasteiger partial charge in [0.25, 0.3) is 5.56 Å².